The highest BCUT2D eigenvalue weighted by Gasteiger charge is 2.40. The van der Waals surface area contributed by atoms with Crippen LogP contribution < -0.4 is 10.1 Å². The highest BCUT2D eigenvalue weighted by molar-refractivity contribution is 5.67. The summed E-state index contributed by atoms with van der Waals surface area (Å²) < 4.78 is 81.6. The number of alkyl halides is 6. The number of allylic oxidation sites excluding steroid dienone is 1. The molecule has 0 aliphatic heterocycles. The van der Waals surface area contributed by atoms with Crippen molar-refractivity contribution in [3.05, 3.63) is 35.0 Å². The van der Waals surface area contributed by atoms with Gasteiger partial charge in [0.15, 0.2) is 0 Å². The predicted molar refractivity (Wildman–Crippen MR) is 65.9 cm³/mol. The zero-order chi connectivity index (χ0) is 17.8. The Morgan fingerprint density at radius 2 is 1.65 bits per heavy atom. The number of benzene rings is 1. The Hall–Kier alpha value is -2.88. The number of nitriles is 2. The molecule has 0 heterocycles. The minimum Gasteiger partial charge on any atom is -0.495 e. The average Bonchev–Trinajstić information content (AvgIpc) is 2.45. The van der Waals surface area contributed by atoms with Gasteiger partial charge in [-0.2, -0.15) is 36.9 Å². The van der Waals surface area contributed by atoms with Gasteiger partial charge in [-0.15, -0.1) is 0 Å². The first-order chi connectivity index (χ1) is 10.5. The number of hydrogen-bond acceptors (Lipinski definition) is 4. The van der Waals surface area contributed by atoms with Crippen molar-refractivity contribution in [1.82, 2.24) is 0 Å². The van der Waals surface area contributed by atoms with Crippen molar-refractivity contribution in [2.45, 2.75) is 12.4 Å². The molecule has 0 spiro atoms. The van der Waals surface area contributed by atoms with Crippen LogP contribution in [0.15, 0.2) is 23.9 Å². The minimum absolute atomic E-state index is 0.0862. The van der Waals surface area contributed by atoms with E-state index in [4.69, 9.17) is 10.5 Å². The van der Waals surface area contributed by atoms with Gasteiger partial charge in [0.2, 0.25) is 0 Å². The third kappa shape index (κ3) is 4.30. The fourth-order valence-corrected chi connectivity index (χ4v) is 1.55. The van der Waals surface area contributed by atoms with Crippen LogP contribution in [0.2, 0.25) is 0 Å². The number of halogens is 6. The van der Waals surface area contributed by atoms with E-state index >= 15 is 0 Å². The smallest absolute Gasteiger partial charge is 0.418 e. The van der Waals surface area contributed by atoms with Crippen molar-refractivity contribution in [3.8, 4) is 17.9 Å². The van der Waals surface area contributed by atoms with Gasteiger partial charge in [0.05, 0.1) is 23.9 Å². The Morgan fingerprint density at radius 1 is 1.09 bits per heavy atom. The Morgan fingerprint density at radius 3 is 2.04 bits per heavy atom. The highest BCUT2D eigenvalue weighted by atomic mass is 19.4. The normalized spacial score (nSPS) is 11.2. The zero-order valence-electron chi connectivity index (χ0n) is 11.3. The van der Waals surface area contributed by atoms with E-state index in [9.17, 15) is 26.3 Å². The van der Waals surface area contributed by atoms with Gasteiger partial charge < -0.3 is 10.1 Å². The van der Waals surface area contributed by atoms with Crippen molar-refractivity contribution in [2.75, 3.05) is 12.4 Å². The first-order valence-electron chi connectivity index (χ1n) is 5.68. The van der Waals surface area contributed by atoms with E-state index in [2.05, 4.69) is 4.74 Å². The molecule has 1 aromatic carbocycles. The van der Waals surface area contributed by atoms with Crippen molar-refractivity contribution in [1.29, 1.82) is 10.5 Å². The molecule has 0 saturated heterocycles. The number of ether oxygens (including phenoxy) is 1. The van der Waals surface area contributed by atoms with Crippen LogP contribution in [0.25, 0.3) is 0 Å². The van der Waals surface area contributed by atoms with Crippen molar-refractivity contribution in [2.24, 2.45) is 0 Å². The lowest BCUT2D eigenvalue weighted by molar-refractivity contribution is -0.142. The van der Waals surface area contributed by atoms with Crippen LogP contribution in [0.3, 0.4) is 0 Å². The lowest BCUT2D eigenvalue weighted by atomic mass is 10.1. The first kappa shape index (κ1) is 18.2. The summed E-state index contributed by atoms with van der Waals surface area (Å²) in [5.74, 6) is -0.737. The molecule has 23 heavy (non-hydrogen) atoms. The summed E-state index contributed by atoms with van der Waals surface area (Å²) in [5, 5.41) is 19.1. The van der Waals surface area contributed by atoms with E-state index in [1.165, 1.54) is 12.1 Å². The number of rotatable bonds is 3. The lowest BCUT2D eigenvalue weighted by Gasteiger charge is -2.19. The van der Waals surface area contributed by atoms with Crippen molar-refractivity contribution < 1.29 is 31.1 Å². The third-order valence-electron chi connectivity index (χ3n) is 2.56. The second kappa shape index (κ2) is 6.48. The molecule has 0 aromatic heterocycles. The van der Waals surface area contributed by atoms with Crippen LogP contribution >= 0.6 is 0 Å². The molecule has 0 aliphatic carbocycles. The van der Waals surface area contributed by atoms with E-state index in [0.717, 1.165) is 7.11 Å². The van der Waals surface area contributed by atoms with Crippen LogP contribution in [0, 0.1) is 22.7 Å². The zero-order valence-corrected chi connectivity index (χ0v) is 11.3. The molecule has 1 aromatic rings. The monoisotopic (exact) mass is 335 g/mol. The SMILES string of the molecule is COc1cc(C(F)(F)F)cc(C(F)(F)F)c1NC=C(C#N)C#N. The maximum atomic E-state index is 13.0. The molecule has 0 unspecified atom stereocenters. The fraction of sp³-hybridized carbons (Fsp3) is 0.231. The van der Waals surface area contributed by atoms with Crippen LogP contribution in [-0.4, -0.2) is 7.11 Å². The summed E-state index contributed by atoms with van der Waals surface area (Å²) in [6.07, 6.45) is -9.49. The fourth-order valence-electron chi connectivity index (χ4n) is 1.55. The molecule has 0 aliphatic rings. The molecule has 122 valence electrons. The molecule has 4 nitrogen and oxygen atoms in total. The number of anilines is 1. The van der Waals surface area contributed by atoms with E-state index in [1.54, 1.807) is 0 Å². The van der Waals surface area contributed by atoms with Gasteiger partial charge in [0.1, 0.15) is 23.5 Å². The van der Waals surface area contributed by atoms with E-state index < -0.39 is 40.5 Å². The summed E-state index contributed by atoms with van der Waals surface area (Å²) in [7, 11) is 0.889. The van der Waals surface area contributed by atoms with Gasteiger partial charge in [0.25, 0.3) is 0 Å². The molecule has 0 amide bonds. The molecule has 1 N–H and O–H groups in total. The molecule has 0 fully saturated rings. The highest BCUT2D eigenvalue weighted by Crippen LogP contribution is 2.44. The molecule has 0 bridgehead atoms. The Bertz CT molecular complexity index is 691. The van der Waals surface area contributed by atoms with E-state index in [1.807, 2.05) is 5.32 Å². The molecule has 0 saturated carbocycles. The molecule has 0 radical (unpaired) electrons. The second-order valence-corrected chi connectivity index (χ2v) is 4.02. The molecular formula is C13H7F6N3O. The Kier molecular flexibility index (Phi) is 5.12. The van der Waals surface area contributed by atoms with Gasteiger partial charge in [-0.05, 0) is 12.1 Å². The summed E-state index contributed by atoms with van der Waals surface area (Å²) in [5.41, 5.74) is -4.59. The van der Waals surface area contributed by atoms with Crippen LogP contribution in [-0.2, 0) is 12.4 Å². The van der Waals surface area contributed by atoms with Gasteiger partial charge in [0, 0.05) is 6.20 Å². The Labute approximate surface area is 126 Å². The summed E-state index contributed by atoms with van der Waals surface area (Å²) in [6.45, 7) is 0. The van der Waals surface area contributed by atoms with Crippen molar-refractivity contribution in [3.63, 3.8) is 0 Å². The van der Waals surface area contributed by atoms with Crippen LogP contribution in [0.5, 0.6) is 5.75 Å². The van der Waals surface area contributed by atoms with E-state index in [0.29, 0.717) is 12.3 Å². The first-order valence-corrected chi connectivity index (χ1v) is 5.68. The Balaban J connectivity index is 3.59. The molecule has 0 atom stereocenters. The summed E-state index contributed by atoms with van der Waals surface area (Å²) in [6, 6.07) is 3.07. The topological polar surface area (TPSA) is 68.8 Å². The quantitative estimate of drug-likeness (QED) is 0.668. The van der Waals surface area contributed by atoms with E-state index in [-0.39, 0.29) is 6.07 Å². The number of nitrogens with zero attached hydrogens (tertiary/aromatic N) is 2. The predicted octanol–water partition coefficient (Wildman–Crippen LogP) is 4.08. The summed E-state index contributed by atoms with van der Waals surface area (Å²) in [4.78, 5) is 0. The van der Waals surface area contributed by atoms with Gasteiger partial charge >= 0.3 is 12.4 Å². The van der Waals surface area contributed by atoms with Gasteiger partial charge in [-0.25, -0.2) is 0 Å². The summed E-state index contributed by atoms with van der Waals surface area (Å²) >= 11 is 0. The second-order valence-electron chi connectivity index (χ2n) is 4.02. The largest absolute Gasteiger partial charge is 0.495 e. The number of nitrogens with one attached hydrogen (secondary N) is 1. The van der Waals surface area contributed by atoms with Crippen LogP contribution in [0.4, 0.5) is 32.0 Å². The molecule has 10 heteroatoms. The molecule has 1 rings (SSSR count). The van der Waals surface area contributed by atoms with Gasteiger partial charge in [-0.3, -0.25) is 0 Å². The molecular weight excluding hydrogens is 328 g/mol. The standard InChI is InChI=1S/C13H7F6N3O/c1-23-10-3-8(12(14,15)16)2-9(13(17,18)19)11(10)22-6-7(4-20)5-21/h2-3,6,22H,1H3. The maximum Gasteiger partial charge on any atom is 0.418 e. The van der Waals surface area contributed by atoms with Crippen molar-refractivity contribution >= 4 is 5.69 Å². The maximum absolute atomic E-state index is 13.0. The lowest BCUT2D eigenvalue weighted by Crippen LogP contribution is -2.14. The van der Waals surface area contributed by atoms with Gasteiger partial charge in [-0.1, -0.05) is 0 Å². The number of hydrogen-bond donors (Lipinski definition) is 1. The average molecular weight is 335 g/mol. The number of methoxy groups -OCH3 is 1. The van der Waals surface area contributed by atoms with Crippen LogP contribution in [0.1, 0.15) is 11.1 Å². The minimum atomic E-state index is -5.12. The third-order valence-corrected chi connectivity index (χ3v) is 2.56.